The first-order valence-corrected chi connectivity index (χ1v) is 17.3. The van der Waals surface area contributed by atoms with Crippen LogP contribution >= 0.6 is 0 Å². The largest absolute Gasteiger partial charge is 0.392 e. The van der Waals surface area contributed by atoms with Crippen molar-refractivity contribution in [3.05, 3.63) is 70.8 Å². The van der Waals surface area contributed by atoms with Crippen molar-refractivity contribution >= 4 is 11.8 Å². The Morgan fingerprint density at radius 3 is 2.15 bits per heavy atom. The number of aliphatic hydroxyl groups is 1. The van der Waals surface area contributed by atoms with Crippen molar-refractivity contribution < 1.29 is 29.4 Å². The van der Waals surface area contributed by atoms with Crippen LogP contribution in [0.4, 0.5) is 0 Å². The average Bonchev–Trinajstić information content (AvgIpc) is 3.77. The third-order valence-corrected chi connectivity index (χ3v) is 9.64. The van der Waals surface area contributed by atoms with Crippen molar-refractivity contribution in [2.45, 2.75) is 108 Å². The monoisotopic (exact) mass is 636 g/mol. The standard InChI is InChI=1S/C36H52N4O6/c41-26-28-13-15-29(16-14-28)33-22-32(25-40-21-7-8-31(40)24-39-19-5-6-20-39)45-36(46-33)30-17-11-27(12-18-30)23-37-34(42)9-3-1-2-4-10-35(43)38-44/h11-18,31-33,36,41,44H,1-10,19-26H2,(H,37,42)(H,38,43). The summed E-state index contributed by atoms with van der Waals surface area (Å²) in [6, 6.07) is 16.8. The van der Waals surface area contributed by atoms with Gasteiger partial charge in [0.05, 0.1) is 18.8 Å². The Morgan fingerprint density at radius 1 is 0.783 bits per heavy atom. The van der Waals surface area contributed by atoms with E-state index in [2.05, 4.69) is 27.2 Å². The molecule has 2 aromatic rings. The predicted molar refractivity (Wildman–Crippen MR) is 175 cm³/mol. The van der Waals surface area contributed by atoms with Crippen LogP contribution in [0.25, 0.3) is 0 Å². The predicted octanol–water partition coefficient (Wildman–Crippen LogP) is 4.75. The first-order chi connectivity index (χ1) is 22.5. The summed E-state index contributed by atoms with van der Waals surface area (Å²) in [6.07, 6.45) is 9.26. The maximum absolute atomic E-state index is 12.4. The molecule has 0 aliphatic carbocycles. The van der Waals surface area contributed by atoms with Crippen molar-refractivity contribution in [1.82, 2.24) is 20.6 Å². The molecular formula is C36H52N4O6. The van der Waals surface area contributed by atoms with Gasteiger partial charge in [0, 0.05) is 50.5 Å². The second-order valence-electron chi connectivity index (χ2n) is 13.1. The molecule has 4 N–H and O–H groups in total. The molecule has 3 aliphatic heterocycles. The molecule has 0 aromatic heterocycles. The van der Waals surface area contributed by atoms with E-state index in [1.54, 1.807) is 5.48 Å². The molecule has 10 heteroatoms. The highest BCUT2D eigenvalue weighted by atomic mass is 16.7. The molecule has 0 bridgehead atoms. The van der Waals surface area contributed by atoms with Crippen molar-refractivity contribution in [1.29, 1.82) is 0 Å². The Labute approximate surface area is 273 Å². The topological polar surface area (TPSA) is 124 Å². The van der Waals surface area contributed by atoms with E-state index < -0.39 is 6.29 Å². The summed E-state index contributed by atoms with van der Waals surface area (Å²) in [5.74, 6) is -0.360. The van der Waals surface area contributed by atoms with Crippen LogP contribution < -0.4 is 10.8 Å². The number of benzene rings is 2. The molecule has 4 atom stereocenters. The van der Waals surface area contributed by atoms with Gasteiger partial charge in [0.25, 0.3) is 0 Å². The van der Waals surface area contributed by atoms with E-state index in [1.807, 2.05) is 36.4 Å². The van der Waals surface area contributed by atoms with Crippen LogP contribution in [0.2, 0.25) is 0 Å². The van der Waals surface area contributed by atoms with Crippen LogP contribution in [0.15, 0.2) is 48.5 Å². The van der Waals surface area contributed by atoms with Gasteiger partial charge in [-0.05, 0) is 74.8 Å². The third kappa shape index (κ3) is 10.3. The van der Waals surface area contributed by atoms with E-state index in [0.717, 1.165) is 67.6 Å². The lowest BCUT2D eigenvalue weighted by Gasteiger charge is -2.39. The summed E-state index contributed by atoms with van der Waals surface area (Å²) in [4.78, 5) is 28.7. The molecule has 0 spiro atoms. The van der Waals surface area contributed by atoms with Gasteiger partial charge < -0.3 is 24.8 Å². The number of hydroxylamine groups is 1. The first-order valence-electron chi connectivity index (χ1n) is 17.3. The number of ether oxygens (including phenoxy) is 2. The number of hydrogen-bond acceptors (Lipinski definition) is 8. The van der Waals surface area contributed by atoms with Gasteiger partial charge in [-0.2, -0.15) is 0 Å². The van der Waals surface area contributed by atoms with E-state index in [0.29, 0.717) is 31.8 Å². The van der Waals surface area contributed by atoms with Crippen molar-refractivity contribution in [2.24, 2.45) is 0 Å². The molecule has 3 fully saturated rings. The fraction of sp³-hybridized carbons (Fsp3) is 0.611. The Morgan fingerprint density at radius 2 is 1.46 bits per heavy atom. The summed E-state index contributed by atoms with van der Waals surface area (Å²) >= 11 is 0. The van der Waals surface area contributed by atoms with Gasteiger partial charge >= 0.3 is 0 Å². The molecule has 3 saturated heterocycles. The second-order valence-corrected chi connectivity index (χ2v) is 13.1. The number of amides is 2. The highest BCUT2D eigenvalue weighted by molar-refractivity contribution is 5.75. The molecule has 2 aromatic carbocycles. The minimum atomic E-state index is -0.493. The number of nitrogens with one attached hydrogen (secondary N) is 2. The summed E-state index contributed by atoms with van der Waals surface area (Å²) < 4.78 is 13.2. The molecular weight excluding hydrogens is 584 g/mol. The molecule has 0 saturated carbocycles. The van der Waals surface area contributed by atoms with Crippen LogP contribution in [-0.4, -0.2) is 76.8 Å². The highest BCUT2D eigenvalue weighted by Crippen LogP contribution is 2.39. The van der Waals surface area contributed by atoms with Gasteiger partial charge in [-0.1, -0.05) is 61.4 Å². The number of nitrogens with zero attached hydrogens (tertiary/aromatic N) is 2. The van der Waals surface area contributed by atoms with Crippen molar-refractivity contribution in [3.63, 3.8) is 0 Å². The fourth-order valence-electron chi connectivity index (χ4n) is 6.96. The van der Waals surface area contributed by atoms with Gasteiger partial charge in [-0.15, -0.1) is 0 Å². The number of hydrogen-bond donors (Lipinski definition) is 4. The molecule has 252 valence electrons. The van der Waals surface area contributed by atoms with Crippen LogP contribution in [0.5, 0.6) is 0 Å². The number of carbonyl (C=O) groups is 2. The van der Waals surface area contributed by atoms with Crippen molar-refractivity contribution in [2.75, 3.05) is 32.7 Å². The van der Waals surface area contributed by atoms with E-state index in [-0.39, 0.29) is 30.6 Å². The Kier molecular flexibility index (Phi) is 13.4. The summed E-state index contributed by atoms with van der Waals surface area (Å²) in [6.45, 7) is 6.09. The molecule has 10 nitrogen and oxygen atoms in total. The Balaban J connectivity index is 1.15. The zero-order chi connectivity index (χ0) is 32.1. The SMILES string of the molecule is O=C(CCCCCCC(=O)NCc1ccc(C2OC(CN3CCCC3CN3CCCC3)CC(c3ccc(CO)cc3)O2)cc1)NO. The Hall–Kier alpha value is -2.86. The third-order valence-electron chi connectivity index (χ3n) is 9.64. The normalized spacial score (nSPS) is 23.9. The van der Waals surface area contributed by atoms with E-state index in [4.69, 9.17) is 14.7 Å². The molecule has 2 amide bonds. The van der Waals surface area contributed by atoms with Crippen molar-refractivity contribution in [3.8, 4) is 0 Å². The molecule has 3 heterocycles. The summed E-state index contributed by atoms with van der Waals surface area (Å²) in [5, 5.41) is 21.1. The van der Waals surface area contributed by atoms with Gasteiger partial charge in [-0.3, -0.25) is 19.7 Å². The molecule has 46 heavy (non-hydrogen) atoms. The lowest BCUT2D eigenvalue weighted by molar-refractivity contribution is -0.253. The first kappa shape index (κ1) is 34.5. The van der Waals surface area contributed by atoms with Crippen LogP contribution in [-0.2, 0) is 32.2 Å². The molecule has 5 rings (SSSR count). The van der Waals surface area contributed by atoms with Gasteiger partial charge in [0.2, 0.25) is 11.8 Å². The van der Waals surface area contributed by atoms with E-state index in [1.165, 1.54) is 38.8 Å². The summed E-state index contributed by atoms with van der Waals surface area (Å²) in [7, 11) is 0. The number of carbonyl (C=O) groups excluding carboxylic acids is 2. The van der Waals surface area contributed by atoms with E-state index >= 15 is 0 Å². The lowest BCUT2D eigenvalue weighted by Crippen LogP contribution is -2.45. The molecule has 0 radical (unpaired) electrons. The van der Waals surface area contributed by atoms with Crippen LogP contribution in [0, 0.1) is 0 Å². The maximum atomic E-state index is 12.4. The molecule has 4 unspecified atom stereocenters. The van der Waals surface area contributed by atoms with Crippen LogP contribution in [0.1, 0.15) is 105 Å². The quantitative estimate of drug-likeness (QED) is 0.118. The number of aliphatic hydroxyl groups excluding tert-OH is 1. The minimum absolute atomic E-state index is 0.0129. The zero-order valence-corrected chi connectivity index (χ0v) is 27.1. The van der Waals surface area contributed by atoms with Gasteiger partial charge in [0.1, 0.15) is 0 Å². The fourth-order valence-corrected chi connectivity index (χ4v) is 6.96. The Bertz CT molecular complexity index is 1220. The summed E-state index contributed by atoms with van der Waals surface area (Å²) in [5.41, 5.74) is 5.60. The number of unbranched alkanes of at least 4 members (excludes halogenated alkanes) is 3. The second kappa shape index (κ2) is 17.9. The van der Waals surface area contributed by atoms with Gasteiger partial charge in [0.15, 0.2) is 6.29 Å². The zero-order valence-electron chi connectivity index (χ0n) is 27.1. The smallest absolute Gasteiger partial charge is 0.243 e. The lowest BCUT2D eigenvalue weighted by atomic mass is 9.99. The number of likely N-dealkylation sites (tertiary alicyclic amines) is 2. The maximum Gasteiger partial charge on any atom is 0.243 e. The average molecular weight is 637 g/mol. The minimum Gasteiger partial charge on any atom is -0.392 e. The van der Waals surface area contributed by atoms with E-state index in [9.17, 15) is 14.7 Å². The number of rotatable bonds is 16. The molecule has 3 aliphatic rings. The highest BCUT2D eigenvalue weighted by Gasteiger charge is 2.36. The van der Waals surface area contributed by atoms with Gasteiger partial charge in [-0.25, -0.2) is 5.48 Å². The van der Waals surface area contributed by atoms with Crippen LogP contribution in [0.3, 0.4) is 0 Å².